The van der Waals surface area contributed by atoms with Crippen LogP contribution in [0.15, 0.2) is 18.2 Å². The second-order valence-electron chi connectivity index (χ2n) is 6.58. The van der Waals surface area contributed by atoms with E-state index in [2.05, 4.69) is 0 Å². The second kappa shape index (κ2) is 4.62. The molecule has 118 valence electrons. The Morgan fingerprint density at radius 1 is 1.23 bits per heavy atom. The van der Waals surface area contributed by atoms with Crippen LogP contribution < -0.4 is 9.47 Å². The predicted octanol–water partition coefficient (Wildman–Crippen LogP) is 2.42. The first kappa shape index (κ1) is 13.9. The quantitative estimate of drug-likeness (QED) is 0.800. The molecule has 1 spiro atoms. The van der Waals surface area contributed by atoms with Crippen molar-refractivity contribution in [1.29, 1.82) is 0 Å². The molecule has 2 aliphatic carbocycles. The number of benzene rings is 1. The van der Waals surface area contributed by atoms with E-state index in [1.807, 2.05) is 18.2 Å². The van der Waals surface area contributed by atoms with E-state index in [9.17, 15) is 4.79 Å². The molecule has 1 aliphatic heterocycles. The summed E-state index contributed by atoms with van der Waals surface area (Å²) in [6.07, 6.45) is 3.35. The Balaban J connectivity index is 1.53. The van der Waals surface area contributed by atoms with Gasteiger partial charge in [-0.05, 0) is 36.5 Å². The fourth-order valence-electron chi connectivity index (χ4n) is 3.66. The van der Waals surface area contributed by atoms with Crippen molar-refractivity contribution in [2.24, 2.45) is 5.92 Å². The van der Waals surface area contributed by atoms with Crippen molar-refractivity contribution in [2.45, 2.75) is 36.9 Å². The first-order valence-corrected chi connectivity index (χ1v) is 7.71. The maximum absolute atomic E-state index is 12.0. The Hall–Kier alpha value is -1.75. The van der Waals surface area contributed by atoms with Crippen molar-refractivity contribution in [3.05, 3.63) is 23.8 Å². The third-order valence-corrected chi connectivity index (χ3v) is 5.02. The SMILES string of the molecule is COCC1CC2(C1)Oc1ccc(C3(C(=O)OC)CC3)cc1O2. The lowest BCUT2D eigenvalue weighted by Crippen LogP contribution is -2.52. The number of rotatable bonds is 4. The summed E-state index contributed by atoms with van der Waals surface area (Å²) < 4.78 is 22.2. The fraction of sp³-hybridized carbons (Fsp3) is 0.588. The minimum atomic E-state index is -0.522. The first-order valence-electron chi connectivity index (χ1n) is 7.71. The van der Waals surface area contributed by atoms with Gasteiger partial charge in [0.2, 0.25) is 0 Å². The van der Waals surface area contributed by atoms with E-state index in [0.29, 0.717) is 5.92 Å². The van der Waals surface area contributed by atoms with Crippen molar-refractivity contribution < 1.29 is 23.7 Å². The first-order chi connectivity index (χ1) is 10.6. The van der Waals surface area contributed by atoms with Gasteiger partial charge in [0, 0.05) is 26.6 Å². The second-order valence-corrected chi connectivity index (χ2v) is 6.58. The average Bonchev–Trinajstić information content (AvgIpc) is 3.20. The number of methoxy groups -OCH3 is 2. The Labute approximate surface area is 129 Å². The number of hydrogen-bond donors (Lipinski definition) is 0. The maximum Gasteiger partial charge on any atom is 0.316 e. The number of carbonyl (C=O) groups excluding carboxylic acids is 1. The van der Waals surface area contributed by atoms with Crippen LogP contribution in [0.4, 0.5) is 0 Å². The Bertz CT molecular complexity index is 613. The summed E-state index contributed by atoms with van der Waals surface area (Å²) >= 11 is 0. The van der Waals surface area contributed by atoms with E-state index in [4.69, 9.17) is 18.9 Å². The molecule has 0 radical (unpaired) electrons. The van der Waals surface area contributed by atoms with Crippen molar-refractivity contribution in [3.8, 4) is 11.5 Å². The summed E-state index contributed by atoms with van der Waals surface area (Å²) in [6.45, 7) is 0.738. The van der Waals surface area contributed by atoms with Crippen molar-refractivity contribution >= 4 is 5.97 Å². The summed E-state index contributed by atoms with van der Waals surface area (Å²) in [5.74, 6) is 1.31. The maximum atomic E-state index is 12.0. The monoisotopic (exact) mass is 304 g/mol. The Morgan fingerprint density at radius 2 is 1.95 bits per heavy atom. The molecule has 1 aromatic rings. The molecular weight excluding hydrogens is 284 g/mol. The van der Waals surface area contributed by atoms with Crippen molar-refractivity contribution in [3.63, 3.8) is 0 Å². The predicted molar refractivity (Wildman–Crippen MR) is 78.0 cm³/mol. The normalized spacial score (nSPS) is 30.0. The van der Waals surface area contributed by atoms with E-state index in [-0.39, 0.29) is 5.97 Å². The molecule has 22 heavy (non-hydrogen) atoms. The summed E-state index contributed by atoms with van der Waals surface area (Å²) in [6, 6.07) is 5.81. The lowest BCUT2D eigenvalue weighted by molar-refractivity contribution is -0.178. The fourth-order valence-corrected chi connectivity index (χ4v) is 3.66. The van der Waals surface area contributed by atoms with Crippen LogP contribution in [-0.2, 0) is 19.7 Å². The zero-order valence-electron chi connectivity index (χ0n) is 12.9. The van der Waals surface area contributed by atoms with Crippen LogP contribution in [0.5, 0.6) is 11.5 Å². The molecule has 0 aromatic heterocycles. The zero-order valence-corrected chi connectivity index (χ0v) is 12.9. The third kappa shape index (κ3) is 1.92. The highest BCUT2D eigenvalue weighted by Gasteiger charge is 2.55. The summed E-state index contributed by atoms with van der Waals surface area (Å²) in [7, 11) is 3.15. The van der Waals surface area contributed by atoms with Gasteiger partial charge in [-0.1, -0.05) is 6.07 Å². The molecule has 0 N–H and O–H groups in total. The number of ether oxygens (including phenoxy) is 4. The van der Waals surface area contributed by atoms with Crippen LogP contribution in [0.3, 0.4) is 0 Å². The highest BCUT2D eigenvalue weighted by molar-refractivity contribution is 5.86. The van der Waals surface area contributed by atoms with E-state index in [0.717, 1.165) is 49.4 Å². The molecule has 2 fully saturated rings. The molecule has 0 bridgehead atoms. The summed E-state index contributed by atoms with van der Waals surface area (Å²) in [4.78, 5) is 12.0. The van der Waals surface area contributed by atoms with Crippen LogP contribution in [0.1, 0.15) is 31.2 Å². The molecule has 3 aliphatic rings. The molecule has 4 rings (SSSR count). The third-order valence-electron chi connectivity index (χ3n) is 5.02. The standard InChI is InChI=1S/C17H20O5/c1-19-10-11-8-17(9-11)21-13-4-3-12(7-14(13)22-17)16(5-6-16)15(18)20-2/h3-4,7,11H,5-6,8-10H2,1-2H3. The molecule has 1 heterocycles. The highest BCUT2D eigenvalue weighted by atomic mass is 16.7. The van der Waals surface area contributed by atoms with Gasteiger partial charge in [-0.25, -0.2) is 0 Å². The number of hydrogen-bond acceptors (Lipinski definition) is 5. The molecule has 1 aromatic carbocycles. The van der Waals surface area contributed by atoms with Crippen LogP contribution >= 0.6 is 0 Å². The number of fused-ring (bicyclic) bond motifs is 1. The van der Waals surface area contributed by atoms with Gasteiger partial charge in [0.15, 0.2) is 11.5 Å². The largest absolute Gasteiger partial charge is 0.468 e. The van der Waals surface area contributed by atoms with Gasteiger partial charge >= 0.3 is 5.97 Å². The van der Waals surface area contributed by atoms with Crippen LogP contribution in [0, 0.1) is 5.92 Å². The van der Waals surface area contributed by atoms with Gasteiger partial charge in [-0.15, -0.1) is 0 Å². The minimum absolute atomic E-state index is 0.162. The van der Waals surface area contributed by atoms with E-state index in [1.165, 1.54) is 7.11 Å². The minimum Gasteiger partial charge on any atom is -0.468 e. The molecule has 0 unspecified atom stereocenters. The van der Waals surface area contributed by atoms with Crippen LogP contribution in [0.25, 0.3) is 0 Å². The van der Waals surface area contributed by atoms with E-state index >= 15 is 0 Å². The Morgan fingerprint density at radius 3 is 2.59 bits per heavy atom. The smallest absolute Gasteiger partial charge is 0.316 e. The molecule has 0 atom stereocenters. The van der Waals surface area contributed by atoms with Crippen LogP contribution in [0.2, 0.25) is 0 Å². The average molecular weight is 304 g/mol. The highest BCUT2D eigenvalue weighted by Crippen LogP contribution is 2.54. The van der Waals surface area contributed by atoms with Gasteiger partial charge in [-0.3, -0.25) is 4.79 Å². The molecule has 0 saturated heterocycles. The number of carbonyl (C=O) groups is 1. The molecule has 2 saturated carbocycles. The molecule has 0 amide bonds. The van der Waals surface area contributed by atoms with Crippen molar-refractivity contribution in [1.82, 2.24) is 0 Å². The van der Waals surface area contributed by atoms with Crippen molar-refractivity contribution in [2.75, 3.05) is 20.8 Å². The van der Waals surface area contributed by atoms with Crippen LogP contribution in [-0.4, -0.2) is 32.6 Å². The lowest BCUT2D eigenvalue weighted by atomic mass is 9.79. The zero-order chi connectivity index (χ0) is 15.4. The van der Waals surface area contributed by atoms with Gasteiger partial charge < -0.3 is 18.9 Å². The molecule has 5 heteroatoms. The molecule has 5 nitrogen and oxygen atoms in total. The lowest BCUT2D eigenvalue weighted by Gasteiger charge is -2.41. The number of esters is 1. The van der Waals surface area contributed by atoms with Gasteiger partial charge in [0.25, 0.3) is 5.79 Å². The van der Waals surface area contributed by atoms with E-state index < -0.39 is 11.2 Å². The van der Waals surface area contributed by atoms with Gasteiger partial charge in [0.1, 0.15) is 0 Å². The Kier molecular flexibility index (Phi) is 2.92. The summed E-state index contributed by atoms with van der Waals surface area (Å²) in [5, 5.41) is 0. The topological polar surface area (TPSA) is 54.0 Å². The van der Waals surface area contributed by atoms with E-state index in [1.54, 1.807) is 7.11 Å². The molecular formula is C17H20O5. The van der Waals surface area contributed by atoms with Gasteiger partial charge in [0.05, 0.1) is 12.5 Å². The summed E-state index contributed by atoms with van der Waals surface area (Å²) in [5.41, 5.74) is 0.493. The van der Waals surface area contributed by atoms with Gasteiger partial charge in [-0.2, -0.15) is 0 Å².